The van der Waals surface area contributed by atoms with Crippen molar-refractivity contribution in [2.24, 2.45) is 4.99 Å². The molecule has 0 unspecified atom stereocenters. The van der Waals surface area contributed by atoms with Crippen molar-refractivity contribution >= 4 is 23.1 Å². The Balaban J connectivity index is 1.54. The van der Waals surface area contributed by atoms with E-state index in [0.29, 0.717) is 19.0 Å². The van der Waals surface area contributed by atoms with Gasteiger partial charge in [0.2, 0.25) is 0 Å². The molecule has 1 aliphatic heterocycles. The molecule has 0 amide bonds. The van der Waals surface area contributed by atoms with Gasteiger partial charge in [0.05, 0.1) is 18.8 Å². The number of guanidine groups is 1. The van der Waals surface area contributed by atoms with E-state index < -0.39 is 0 Å². The average molecular weight is 416 g/mol. The number of anilines is 1. The molecule has 3 heterocycles. The van der Waals surface area contributed by atoms with Gasteiger partial charge in [-0.1, -0.05) is 19.9 Å². The van der Waals surface area contributed by atoms with Crippen LogP contribution in [0.4, 0.5) is 5.82 Å². The minimum atomic E-state index is 0.461. The minimum absolute atomic E-state index is 0.461. The molecule has 29 heavy (non-hydrogen) atoms. The summed E-state index contributed by atoms with van der Waals surface area (Å²) >= 11 is 1.69. The zero-order valence-corrected chi connectivity index (χ0v) is 18.8. The fourth-order valence-electron chi connectivity index (χ4n) is 3.08. The summed E-state index contributed by atoms with van der Waals surface area (Å²) in [6.45, 7) is 12.7. The summed E-state index contributed by atoms with van der Waals surface area (Å²) in [6, 6.07) is 4.24. The van der Waals surface area contributed by atoms with Crippen LogP contribution in [-0.4, -0.2) is 60.6 Å². The molecule has 0 bridgehead atoms. The van der Waals surface area contributed by atoms with Crippen LogP contribution < -0.4 is 15.5 Å². The fraction of sp³-hybridized carbons (Fsp3) is 0.571. The monoisotopic (exact) mass is 415 g/mol. The number of aliphatic imine (C=N–C) groups is 1. The normalized spacial score (nSPS) is 15.8. The van der Waals surface area contributed by atoms with Crippen molar-refractivity contribution in [2.75, 3.05) is 44.7 Å². The Morgan fingerprint density at radius 3 is 2.62 bits per heavy atom. The van der Waals surface area contributed by atoms with Gasteiger partial charge in [-0.25, -0.2) is 15.0 Å². The number of likely N-dealkylation sites (N-methyl/N-ethyl adjacent to an activating group) is 1. The number of nitrogens with one attached hydrogen (secondary N) is 2. The van der Waals surface area contributed by atoms with E-state index in [9.17, 15) is 0 Å². The van der Waals surface area contributed by atoms with Gasteiger partial charge in [-0.3, -0.25) is 0 Å². The number of piperazine rings is 1. The van der Waals surface area contributed by atoms with Crippen LogP contribution in [0.3, 0.4) is 0 Å². The quantitative estimate of drug-likeness (QED) is 0.535. The van der Waals surface area contributed by atoms with Crippen molar-refractivity contribution in [2.45, 2.75) is 39.8 Å². The maximum absolute atomic E-state index is 4.70. The van der Waals surface area contributed by atoms with E-state index in [4.69, 9.17) is 4.99 Å². The lowest BCUT2D eigenvalue weighted by molar-refractivity contribution is 0.312. The van der Waals surface area contributed by atoms with Gasteiger partial charge in [-0.05, 0) is 31.5 Å². The van der Waals surface area contributed by atoms with E-state index in [1.807, 2.05) is 6.20 Å². The van der Waals surface area contributed by atoms with Gasteiger partial charge in [0.15, 0.2) is 5.96 Å². The average Bonchev–Trinajstić information content (AvgIpc) is 3.21. The Kier molecular flexibility index (Phi) is 7.83. The fourth-order valence-corrected chi connectivity index (χ4v) is 3.97. The molecule has 2 aromatic heterocycles. The maximum Gasteiger partial charge on any atom is 0.191 e. The van der Waals surface area contributed by atoms with E-state index >= 15 is 0 Å². The molecule has 158 valence electrons. The summed E-state index contributed by atoms with van der Waals surface area (Å²) < 4.78 is 0. The number of nitrogens with zero attached hydrogens (tertiary/aromatic N) is 5. The highest BCUT2D eigenvalue weighted by atomic mass is 32.1. The summed E-state index contributed by atoms with van der Waals surface area (Å²) in [7, 11) is 2.17. The Morgan fingerprint density at radius 1 is 1.21 bits per heavy atom. The lowest BCUT2D eigenvalue weighted by Gasteiger charge is -2.33. The van der Waals surface area contributed by atoms with Gasteiger partial charge in [0, 0.05) is 44.3 Å². The highest BCUT2D eigenvalue weighted by molar-refractivity contribution is 7.09. The molecule has 1 fully saturated rings. The molecule has 3 rings (SSSR count). The topological polar surface area (TPSA) is 68.7 Å². The molecule has 0 radical (unpaired) electrons. The first-order valence-corrected chi connectivity index (χ1v) is 11.3. The predicted octanol–water partition coefficient (Wildman–Crippen LogP) is 2.67. The number of hydrogen-bond donors (Lipinski definition) is 2. The van der Waals surface area contributed by atoms with Crippen LogP contribution in [0.2, 0.25) is 0 Å². The van der Waals surface area contributed by atoms with Crippen LogP contribution in [0.1, 0.15) is 43.0 Å². The number of thiazole rings is 1. The lowest BCUT2D eigenvalue weighted by Crippen LogP contribution is -2.44. The van der Waals surface area contributed by atoms with Gasteiger partial charge in [0.25, 0.3) is 0 Å². The van der Waals surface area contributed by atoms with Gasteiger partial charge in [-0.15, -0.1) is 11.3 Å². The van der Waals surface area contributed by atoms with Crippen LogP contribution in [0.15, 0.2) is 28.7 Å². The number of aromatic nitrogens is 2. The molecule has 0 atom stereocenters. The van der Waals surface area contributed by atoms with Crippen LogP contribution in [-0.2, 0) is 13.1 Å². The first-order chi connectivity index (χ1) is 14.0. The number of hydrogen-bond acceptors (Lipinski definition) is 6. The largest absolute Gasteiger partial charge is 0.357 e. The van der Waals surface area contributed by atoms with E-state index in [2.05, 4.69) is 75.7 Å². The second-order valence-electron chi connectivity index (χ2n) is 7.68. The van der Waals surface area contributed by atoms with Crippen molar-refractivity contribution in [1.82, 2.24) is 25.5 Å². The van der Waals surface area contributed by atoms with Crippen molar-refractivity contribution in [3.05, 3.63) is 40.0 Å². The number of rotatable bonds is 7. The van der Waals surface area contributed by atoms with Crippen molar-refractivity contribution < 1.29 is 0 Å². The molecule has 7 nitrogen and oxygen atoms in total. The third kappa shape index (κ3) is 6.40. The zero-order chi connectivity index (χ0) is 20.6. The maximum atomic E-state index is 4.70. The van der Waals surface area contributed by atoms with E-state index in [1.165, 1.54) is 0 Å². The molecule has 0 aliphatic carbocycles. The first-order valence-electron chi connectivity index (χ1n) is 10.4. The molecule has 2 aromatic rings. The third-order valence-electron chi connectivity index (χ3n) is 4.97. The molecule has 1 saturated heterocycles. The van der Waals surface area contributed by atoms with Crippen LogP contribution in [0.5, 0.6) is 0 Å². The second-order valence-corrected chi connectivity index (χ2v) is 8.63. The molecular formula is C21H33N7S. The van der Waals surface area contributed by atoms with Gasteiger partial charge in [0.1, 0.15) is 10.8 Å². The van der Waals surface area contributed by atoms with Crippen LogP contribution >= 0.6 is 11.3 Å². The summed E-state index contributed by atoms with van der Waals surface area (Å²) in [5.41, 5.74) is 2.26. The van der Waals surface area contributed by atoms with Crippen molar-refractivity contribution in [3.63, 3.8) is 0 Å². The van der Waals surface area contributed by atoms with Gasteiger partial charge >= 0.3 is 0 Å². The Bertz CT molecular complexity index is 777. The van der Waals surface area contributed by atoms with Gasteiger partial charge < -0.3 is 20.4 Å². The van der Waals surface area contributed by atoms with Crippen molar-refractivity contribution in [1.29, 1.82) is 0 Å². The Labute approximate surface area is 178 Å². The molecule has 0 saturated carbocycles. The van der Waals surface area contributed by atoms with Gasteiger partial charge in [-0.2, -0.15) is 0 Å². The zero-order valence-electron chi connectivity index (χ0n) is 18.0. The molecule has 8 heteroatoms. The van der Waals surface area contributed by atoms with E-state index in [-0.39, 0.29) is 0 Å². The van der Waals surface area contributed by atoms with Crippen LogP contribution in [0, 0.1) is 0 Å². The van der Waals surface area contributed by atoms with Crippen molar-refractivity contribution in [3.8, 4) is 0 Å². The standard InChI is InChI=1S/C21H33N7S/c1-5-22-21(25-14-20-26-18(15-29-20)16(2)3)24-13-17-6-7-19(23-12-17)28-10-8-27(4)9-11-28/h6-7,12,15-16H,5,8-11,13-14H2,1-4H3,(H2,22,24,25). The second kappa shape index (κ2) is 10.5. The molecular weight excluding hydrogens is 382 g/mol. The predicted molar refractivity (Wildman–Crippen MR) is 122 cm³/mol. The molecule has 0 spiro atoms. The molecule has 0 aromatic carbocycles. The smallest absolute Gasteiger partial charge is 0.191 e. The van der Waals surface area contributed by atoms with Crippen LogP contribution in [0.25, 0.3) is 0 Å². The lowest BCUT2D eigenvalue weighted by atomic mass is 10.2. The molecule has 1 aliphatic rings. The first kappa shape index (κ1) is 21.5. The summed E-state index contributed by atoms with van der Waals surface area (Å²) in [6.07, 6.45) is 1.94. The summed E-state index contributed by atoms with van der Waals surface area (Å²) in [5.74, 6) is 2.32. The highest BCUT2D eigenvalue weighted by Gasteiger charge is 2.15. The third-order valence-corrected chi connectivity index (χ3v) is 5.84. The Morgan fingerprint density at radius 2 is 2.00 bits per heavy atom. The molecule has 2 N–H and O–H groups in total. The van der Waals surface area contributed by atoms with E-state index in [1.54, 1.807) is 11.3 Å². The summed E-state index contributed by atoms with van der Waals surface area (Å²) in [4.78, 5) is 18.7. The highest BCUT2D eigenvalue weighted by Crippen LogP contribution is 2.17. The Hall–Kier alpha value is -2.19. The van der Waals surface area contributed by atoms with E-state index in [0.717, 1.165) is 60.8 Å². The minimum Gasteiger partial charge on any atom is -0.357 e. The summed E-state index contributed by atoms with van der Waals surface area (Å²) in [5, 5.41) is 9.90. The SMILES string of the molecule is CCNC(=NCc1ccc(N2CCN(C)CC2)nc1)NCc1nc(C(C)C)cs1. The number of pyridine rings is 1.